The Bertz CT molecular complexity index is 937. The first-order valence-electron chi connectivity index (χ1n) is 9.63. The highest BCUT2D eigenvalue weighted by Crippen LogP contribution is 2.21. The van der Waals surface area contributed by atoms with E-state index in [0.717, 1.165) is 31.5 Å². The summed E-state index contributed by atoms with van der Waals surface area (Å²) in [6.07, 6.45) is 1.87. The van der Waals surface area contributed by atoms with Crippen molar-refractivity contribution in [3.8, 4) is 5.75 Å². The van der Waals surface area contributed by atoms with Gasteiger partial charge in [0, 0.05) is 6.04 Å². The summed E-state index contributed by atoms with van der Waals surface area (Å²) < 4.78 is 33.2. The molecular weight excluding hydrogens is 390 g/mol. The Morgan fingerprint density at radius 3 is 2.41 bits per heavy atom. The van der Waals surface area contributed by atoms with E-state index in [-0.39, 0.29) is 23.5 Å². The first-order chi connectivity index (χ1) is 13.8. The SMILES string of the molecule is Cc1ccccc1NS(=O)(=O)c1ccc(OCC(=O)NC2CCN(C)CC2)cc1. The number of nitrogens with zero attached hydrogens (tertiary/aromatic N) is 1. The summed E-state index contributed by atoms with van der Waals surface area (Å²) in [5.74, 6) is 0.274. The lowest BCUT2D eigenvalue weighted by Crippen LogP contribution is -2.44. The van der Waals surface area contributed by atoms with Crippen LogP contribution in [0.25, 0.3) is 0 Å². The number of hydrogen-bond donors (Lipinski definition) is 2. The number of carbonyl (C=O) groups excluding carboxylic acids is 1. The summed E-state index contributed by atoms with van der Waals surface area (Å²) in [6, 6.07) is 13.4. The van der Waals surface area contributed by atoms with E-state index < -0.39 is 10.0 Å². The van der Waals surface area contributed by atoms with Crippen LogP contribution in [0.15, 0.2) is 53.4 Å². The molecule has 0 atom stereocenters. The van der Waals surface area contributed by atoms with Gasteiger partial charge in [0.15, 0.2) is 6.61 Å². The van der Waals surface area contributed by atoms with Gasteiger partial charge in [0.25, 0.3) is 15.9 Å². The molecule has 1 amide bonds. The number of likely N-dealkylation sites (tertiary alicyclic amines) is 1. The van der Waals surface area contributed by atoms with E-state index in [1.54, 1.807) is 24.3 Å². The van der Waals surface area contributed by atoms with Crippen LogP contribution in [0, 0.1) is 6.92 Å². The van der Waals surface area contributed by atoms with Gasteiger partial charge in [-0.2, -0.15) is 0 Å². The summed E-state index contributed by atoms with van der Waals surface area (Å²) >= 11 is 0. The molecule has 156 valence electrons. The minimum atomic E-state index is -3.70. The zero-order valence-electron chi connectivity index (χ0n) is 16.7. The van der Waals surface area contributed by atoms with Crippen LogP contribution in [0.1, 0.15) is 18.4 Å². The zero-order valence-corrected chi connectivity index (χ0v) is 17.5. The highest BCUT2D eigenvalue weighted by Gasteiger charge is 2.19. The minimum Gasteiger partial charge on any atom is -0.484 e. The minimum absolute atomic E-state index is 0.0973. The van der Waals surface area contributed by atoms with Gasteiger partial charge in [0.2, 0.25) is 0 Å². The van der Waals surface area contributed by atoms with Gasteiger partial charge in [-0.1, -0.05) is 18.2 Å². The number of anilines is 1. The highest BCUT2D eigenvalue weighted by atomic mass is 32.2. The molecule has 8 heteroatoms. The maximum Gasteiger partial charge on any atom is 0.261 e. The molecule has 0 aromatic heterocycles. The number of piperidine rings is 1. The maximum absolute atomic E-state index is 12.6. The fraction of sp³-hybridized carbons (Fsp3) is 0.381. The molecule has 1 heterocycles. The van der Waals surface area contributed by atoms with Crippen molar-refractivity contribution >= 4 is 21.6 Å². The van der Waals surface area contributed by atoms with Crippen molar-refractivity contribution in [1.29, 1.82) is 0 Å². The van der Waals surface area contributed by atoms with Crippen LogP contribution in [0.2, 0.25) is 0 Å². The van der Waals surface area contributed by atoms with Gasteiger partial charge < -0.3 is 15.0 Å². The number of ether oxygens (including phenoxy) is 1. The van der Waals surface area contributed by atoms with E-state index in [9.17, 15) is 13.2 Å². The normalized spacial score (nSPS) is 15.7. The summed E-state index contributed by atoms with van der Waals surface area (Å²) in [7, 11) is -1.63. The Morgan fingerprint density at radius 1 is 1.10 bits per heavy atom. The van der Waals surface area contributed by atoms with Gasteiger partial charge in [-0.25, -0.2) is 8.42 Å². The highest BCUT2D eigenvalue weighted by molar-refractivity contribution is 7.92. The lowest BCUT2D eigenvalue weighted by molar-refractivity contribution is -0.124. The van der Waals surface area contributed by atoms with Gasteiger partial charge >= 0.3 is 0 Å². The fourth-order valence-corrected chi connectivity index (χ4v) is 4.31. The second-order valence-corrected chi connectivity index (χ2v) is 9.01. The molecule has 0 bridgehead atoms. The number of rotatable bonds is 7. The van der Waals surface area contributed by atoms with Gasteiger partial charge in [-0.05, 0) is 75.8 Å². The van der Waals surface area contributed by atoms with Gasteiger partial charge in [0.05, 0.1) is 10.6 Å². The van der Waals surface area contributed by atoms with Crippen LogP contribution < -0.4 is 14.8 Å². The fourth-order valence-electron chi connectivity index (χ4n) is 3.18. The molecule has 0 aliphatic carbocycles. The third-order valence-electron chi connectivity index (χ3n) is 4.98. The number of amides is 1. The molecule has 2 aromatic carbocycles. The van der Waals surface area contributed by atoms with Crippen molar-refractivity contribution in [3.05, 3.63) is 54.1 Å². The molecule has 3 rings (SSSR count). The van der Waals surface area contributed by atoms with Crippen LogP contribution in [-0.4, -0.2) is 52.0 Å². The first kappa shape index (κ1) is 21.1. The lowest BCUT2D eigenvalue weighted by Gasteiger charge is -2.29. The monoisotopic (exact) mass is 417 g/mol. The molecule has 0 unspecified atom stereocenters. The molecule has 0 spiro atoms. The third kappa shape index (κ3) is 5.95. The van der Waals surface area contributed by atoms with Crippen molar-refractivity contribution in [2.75, 3.05) is 31.5 Å². The molecule has 0 radical (unpaired) electrons. The largest absolute Gasteiger partial charge is 0.484 e. The Kier molecular flexibility index (Phi) is 6.76. The van der Waals surface area contributed by atoms with Crippen LogP contribution in [0.4, 0.5) is 5.69 Å². The molecular formula is C21H27N3O4S. The molecule has 7 nitrogen and oxygen atoms in total. The number of para-hydroxylation sites is 1. The predicted molar refractivity (Wildman–Crippen MR) is 113 cm³/mol. The van der Waals surface area contributed by atoms with Crippen LogP contribution >= 0.6 is 0 Å². The van der Waals surface area contributed by atoms with Gasteiger partial charge in [-0.15, -0.1) is 0 Å². The van der Waals surface area contributed by atoms with Crippen molar-refractivity contribution in [3.63, 3.8) is 0 Å². The van der Waals surface area contributed by atoms with Crippen molar-refractivity contribution in [1.82, 2.24) is 10.2 Å². The summed E-state index contributed by atoms with van der Waals surface area (Å²) in [5.41, 5.74) is 1.38. The number of aryl methyl sites for hydroxylation is 1. The summed E-state index contributed by atoms with van der Waals surface area (Å²) in [5, 5.41) is 2.98. The van der Waals surface area contributed by atoms with E-state index in [0.29, 0.717) is 11.4 Å². The Hall–Kier alpha value is -2.58. The lowest BCUT2D eigenvalue weighted by atomic mass is 10.1. The van der Waals surface area contributed by atoms with Gasteiger partial charge in [0.1, 0.15) is 5.75 Å². The van der Waals surface area contributed by atoms with Crippen LogP contribution in [0.5, 0.6) is 5.75 Å². The van der Waals surface area contributed by atoms with E-state index >= 15 is 0 Å². The van der Waals surface area contributed by atoms with E-state index in [1.165, 1.54) is 12.1 Å². The molecule has 1 saturated heterocycles. The smallest absolute Gasteiger partial charge is 0.261 e. The van der Waals surface area contributed by atoms with E-state index in [4.69, 9.17) is 4.74 Å². The number of carbonyl (C=O) groups is 1. The molecule has 2 N–H and O–H groups in total. The number of benzene rings is 2. The maximum atomic E-state index is 12.6. The molecule has 1 aliphatic rings. The first-order valence-corrected chi connectivity index (χ1v) is 11.1. The van der Waals surface area contributed by atoms with Gasteiger partial charge in [-0.3, -0.25) is 9.52 Å². The zero-order chi connectivity index (χ0) is 20.9. The molecule has 29 heavy (non-hydrogen) atoms. The third-order valence-corrected chi connectivity index (χ3v) is 6.36. The van der Waals surface area contributed by atoms with Crippen LogP contribution in [0.3, 0.4) is 0 Å². The predicted octanol–water partition coefficient (Wildman–Crippen LogP) is 2.39. The van der Waals surface area contributed by atoms with Crippen molar-refractivity contribution in [2.24, 2.45) is 0 Å². The Morgan fingerprint density at radius 2 is 1.76 bits per heavy atom. The van der Waals surface area contributed by atoms with E-state index in [1.807, 2.05) is 19.1 Å². The Labute approximate surface area is 172 Å². The molecule has 1 aliphatic heterocycles. The molecule has 1 fully saturated rings. The summed E-state index contributed by atoms with van der Waals surface area (Å²) in [6.45, 7) is 3.68. The number of sulfonamides is 1. The Balaban J connectivity index is 1.53. The second kappa shape index (κ2) is 9.28. The van der Waals surface area contributed by atoms with E-state index in [2.05, 4.69) is 22.0 Å². The number of nitrogens with one attached hydrogen (secondary N) is 2. The van der Waals surface area contributed by atoms with Crippen LogP contribution in [-0.2, 0) is 14.8 Å². The topological polar surface area (TPSA) is 87.7 Å². The second-order valence-electron chi connectivity index (χ2n) is 7.33. The summed E-state index contributed by atoms with van der Waals surface area (Å²) in [4.78, 5) is 14.4. The number of hydrogen-bond acceptors (Lipinski definition) is 5. The van der Waals surface area contributed by atoms with Crippen molar-refractivity contribution in [2.45, 2.75) is 30.7 Å². The quantitative estimate of drug-likeness (QED) is 0.722. The molecule has 0 saturated carbocycles. The standard InChI is InChI=1S/C21H27N3O4S/c1-16-5-3-4-6-20(16)23-29(26,27)19-9-7-18(8-10-19)28-15-21(25)22-17-11-13-24(2)14-12-17/h3-10,17,23H,11-15H2,1-2H3,(H,22,25). The molecule has 2 aromatic rings. The van der Waals surface area contributed by atoms with Crippen molar-refractivity contribution < 1.29 is 17.9 Å². The average Bonchev–Trinajstić information content (AvgIpc) is 2.70. The average molecular weight is 418 g/mol.